The molecule has 0 spiro atoms. The van der Waals surface area contributed by atoms with E-state index in [2.05, 4.69) is 4.72 Å². The van der Waals surface area contributed by atoms with E-state index in [-0.39, 0.29) is 23.5 Å². The Balaban J connectivity index is 1.98. The van der Waals surface area contributed by atoms with E-state index in [0.29, 0.717) is 25.2 Å². The van der Waals surface area contributed by atoms with Crippen molar-refractivity contribution < 1.29 is 22.7 Å². The van der Waals surface area contributed by atoms with Gasteiger partial charge in [-0.2, -0.15) is 0 Å². The van der Waals surface area contributed by atoms with Crippen LogP contribution in [0.4, 0.5) is 0 Å². The quantitative estimate of drug-likeness (QED) is 0.790. The average Bonchev–Trinajstić information content (AvgIpc) is 2.92. The molecule has 0 amide bonds. The van der Waals surface area contributed by atoms with E-state index in [1.807, 2.05) is 0 Å². The fourth-order valence-electron chi connectivity index (χ4n) is 1.85. The van der Waals surface area contributed by atoms with Crippen molar-refractivity contribution in [3.8, 4) is 0 Å². The fourth-order valence-corrected chi connectivity index (χ4v) is 2.94. The molecule has 1 aromatic rings. The van der Waals surface area contributed by atoms with E-state index in [4.69, 9.17) is 9.47 Å². The van der Waals surface area contributed by atoms with Crippen LogP contribution in [0.15, 0.2) is 29.2 Å². The smallest absolute Gasteiger partial charge is 0.240 e. The largest absolute Gasteiger partial charge is 0.350 e. The minimum Gasteiger partial charge on any atom is -0.350 e. The average molecular weight is 299 g/mol. The summed E-state index contributed by atoms with van der Waals surface area (Å²) in [6.45, 7) is 2.70. The van der Waals surface area contributed by atoms with Crippen LogP contribution in [0.25, 0.3) is 0 Å². The van der Waals surface area contributed by atoms with Crippen molar-refractivity contribution in [1.82, 2.24) is 4.72 Å². The zero-order valence-electron chi connectivity index (χ0n) is 11.2. The van der Waals surface area contributed by atoms with Crippen molar-refractivity contribution in [3.05, 3.63) is 29.8 Å². The van der Waals surface area contributed by atoms with Gasteiger partial charge in [0.2, 0.25) is 10.0 Å². The highest BCUT2D eigenvalue weighted by Gasteiger charge is 2.18. The summed E-state index contributed by atoms with van der Waals surface area (Å²) in [6.07, 6.45) is 0.104. The van der Waals surface area contributed by atoms with Crippen LogP contribution in [0.3, 0.4) is 0 Å². The maximum atomic E-state index is 12.1. The second-order valence-electron chi connectivity index (χ2n) is 4.44. The second kappa shape index (κ2) is 6.45. The molecule has 0 atom stereocenters. The van der Waals surface area contributed by atoms with Crippen LogP contribution in [0.2, 0.25) is 0 Å². The van der Waals surface area contributed by atoms with Crippen LogP contribution in [-0.2, 0) is 19.5 Å². The van der Waals surface area contributed by atoms with E-state index in [1.54, 1.807) is 12.1 Å². The van der Waals surface area contributed by atoms with E-state index in [1.165, 1.54) is 19.1 Å². The Morgan fingerprint density at radius 3 is 2.70 bits per heavy atom. The maximum Gasteiger partial charge on any atom is 0.240 e. The fraction of sp³-hybridized carbons (Fsp3) is 0.462. The number of ketones is 1. The molecule has 2 rings (SSSR count). The molecule has 7 heteroatoms. The lowest BCUT2D eigenvalue weighted by molar-refractivity contribution is -0.0451. The van der Waals surface area contributed by atoms with E-state index < -0.39 is 10.0 Å². The Labute approximate surface area is 118 Å². The Bertz CT molecular complexity index is 578. The number of nitrogens with one attached hydrogen (secondary N) is 1. The van der Waals surface area contributed by atoms with Gasteiger partial charge in [0.1, 0.15) is 0 Å². The van der Waals surface area contributed by atoms with E-state index in [0.717, 1.165) is 0 Å². The van der Waals surface area contributed by atoms with Crippen LogP contribution in [0.5, 0.6) is 0 Å². The van der Waals surface area contributed by atoms with E-state index >= 15 is 0 Å². The number of carbonyl (C=O) groups excluding carboxylic acids is 1. The van der Waals surface area contributed by atoms with Gasteiger partial charge in [-0.25, -0.2) is 13.1 Å². The summed E-state index contributed by atoms with van der Waals surface area (Å²) < 4.78 is 37.1. The summed E-state index contributed by atoms with van der Waals surface area (Å²) in [5, 5.41) is 0. The van der Waals surface area contributed by atoms with Gasteiger partial charge in [-0.05, 0) is 19.1 Å². The molecule has 6 nitrogen and oxygen atoms in total. The third-order valence-electron chi connectivity index (χ3n) is 2.91. The lowest BCUT2D eigenvalue weighted by Gasteiger charge is -2.10. The van der Waals surface area contributed by atoms with Crippen LogP contribution in [0.1, 0.15) is 23.7 Å². The standard InChI is InChI=1S/C13H17NO5S/c1-10(15)11-3-2-4-12(9-11)20(16,17)14-6-5-13-18-7-8-19-13/h2-4,9,13-14H,5-8H2,1H3. The molecule has 1 aromatic carbocycles. The predicted octanol–water partition coefficient (Wildman–Crippen LogP) is 0.930. The van der Waals surface area contributed by atoms with Crippen molar-refractivity contribution in [2.75, 3.05) is 19.8 Å². The molecule has 1 aliphatic rings. The zero-order valence-corrected chi connectivity index (χ0v) is 12.0. The van der Waals surface area contributed by atoms with Crippen molar-refractivity contribution in [2.24, 2.45) is 0 Å². The first-order valence-electron chi connectivity index (χ1n) is 6.33. The summed E-state index contributed by atoms with van der Waals surface area (Å²) in [5.74, 6) is -0.171. The molecule has 110 valence electrons. The summed E-state index contributed by atoms with van der Waals surface area (Å²) in [5.41, 5.74) is 0.371. The van der Waals surface area contributed by atoms with Gasteiger partial charge in [0.15, 0.2) is 12.1 Å². The number of rotatable bonds is 6. The number of hydrogen-bond donors (Lipinski definition) is 1. The van der Waals surface area contributed by atoms with Crippen LogP contribution >= 0.6 is 0 Å². The lowest BCUT2D eigenvalue weighted by atomic mass is 10.2. The highest BCUT2D eigenvalue weighted by Crippen LogP contribution is 2.13. The highest BCUT2D eigenvalue weighted by molar-refractivity contribution is 7.89. The van der Waals surface area contributed by atoms with Crippen molar-refractivity contribution in [2.45, 2.75) is 24.5 Å². The molecule has 0 unspecified atom stereocenters. The Hall–Kier alpha value is -1.28. The molecule has 1 heterocycles. The van der Waals surface area contributed by atoms with Gasteiger partial charge in [-0.1, -0.05) is 12.1 Å². The molecule has 20 heavy (non-hydrogen) atoms. The number of hydrogen-bond acceptors (Lipinski definition) is 5. The first kappa shape index (κ1) is 15.1. The Kier molecular flexibility index (Phi) is 4.87. The highest BCUT2D eigenvalue weighted by atomic mass is 32.2. The van der Waals surface area contributed by atoms with Crippen molar-refractivity contribution in [1.29, 1.82) is 0 Å². The molecule has 1 aliphatic heterocycles. The SMILES string of the molecule is CC(=O)c1cccc(S(=O)(=O)NCCC2OCCO2)c1. The number of sulfonamides is 1. The van der Waals surface area contributed by atoms with Gasteiger partial charge in [0.25, 0.3) is 0 Å². The first-order chi connectivity index (χ1) is 9.49. The molecule has 0 aromatic heterocycles. The van der Waals surface area contributed by atoms with Crippen LogP contribution in [0, 0.1) is 0 Å². The van der Waals surface area contributed by atoms with Crippen LogP contribution in [-0.4, -0.2) is 40.2 Å². The van der Waals surface area contributed by atoms with Gasteiger partial charge < -0.3 is 9.47 Å². The normalized spacial score (nSPS) is 16.4. The zero-order chi connectivity index (χ0) is 14.6. The Morgan fingerprint density at radius 1 is 1.35 bits per heavy atom. The summed E-state index contributed by atoms with van der Waals surface area (Å²) in [7, 11) is -3.62. The summed E-state index contributed by atoms with van der Waals surface area (Å²) in [4.78, 5) is 11.3. The van der Waals surface area contributed by atoms with Gasteiger partial charge in [0.05, 0.1) is 18.1 Å². The van der Waals surface area contributed by atoms with Crippen molar-refractivity contribution in [3.63, 3.8) is 0 Å². The van der Waals surface area contributed by atoms with Gasteiger partial charge in [0, 0.05) is 18.5 Å². The second-order valence-corrected chi connectivity index (χ2v) is 6.21. The molecule has 0 saturated carbocycles. The number of ether oxygens (including phenoxy) is 2. The molecule has 0 aliphatic carbocycles. The molecular formula is C13H17NO5S. The van der Waals surface area contributed by atoms with Gasteiger partial charge in [-0.15, -0.1) is 0 Å². The third-order valence-corrected chi connectivity index (χ3v) is 4.37. The number of Topliss-reactive ketones (excluding diaryl/α,β-unsaturated/α-hetero) is 1. The molecule has 1 saturated heterocycles. The maximum absolute atomic E-state index is 12.1. The molecule has 1 N–H and O–H groups in total. The van der Waals surface area contributed by atoms with E-state index in [9.17, 15) is 13.2 Å². The molecule has 0 radical (unpaired) electrons. The summed E-state index contributed by atoms with van der Waals surface area (Å²) >= 11 is 0. The lowest BCUT2D eigenvalue weighted by Crippen LogP contribution is -2.27. The summed E-state index contributed by atoms with van der Waals surface area (Å²) in [6, 6.07) is 5.96. The monoisotopic (exact) mass is 299 g/mol. The minimum absolute atomic E-state index is 0.0819. The van der Waals surface area contributed by atoms with Crippen LogP contribution < -0.4 is 4.72 Å². The minimum atomic E-state index is -3.62. The molecule has 1 fully saturated rings. The Morgan fingerprint density at radius 2 is 2.05 bits per heavy atom. The van der Waals surface area contributed by atoms with Gasteiger partial charge in [-0.3, -0.25) is 4.79 Å². The topological polar surface area (TPSA) is 81.7 Å². The molecule has 0 bridgehead atoms. The third kappa shape index (κ3) is 3.86. The molecular weight excluding hydrogens is 282 g/mol. The first-order valence-corrected chi connectivity index (χ1v) is 7.81. The number of benzene rings is 1. The number of carbonyl (C=O) groups is 1. The predicted molar refractivity (Wildman–Crippen MR) is 71.9 cm³/mol. The van der Waals surface area contributed by atoms with Gasteiger partial charge >= 0.3 is 0 Å². The van der Waals surface area contributed by atoms with Crippen molar-refractivity contribution >= 4 is 15.8 Å².